The van der Waals surface area contributed by atoms with Gasteiger partial charge < -0.3 is 10.1 Å². The second-order valence-corrected chi connectivity index (χ2v) is 7.05. The van der Waals surface area contributed by atoms with Gasteiger partial charge in [-0.1, -0.05) is 52.7 Å². The van der Waals surface area contributed by atoms with Crippen LogP contribution in [0.25, 0.3) is 0 Å². The van der Waals surface area contributed by atoms with Crippen molar-refractivity contribution in [3.63, 3.8) is 0 Å². The van der Waals surface area contributed by atoms with Crippen LogP contribution in [0.3, 0.4) is 0 Å². The van der Waals surface area contributed by atoms with E-state index in [0.717, 1.165) is 5.75 Å². The summed E-state index contributed by atoms with van der Waals surface area (Å²) in [5, 5.41) is 15.1. The predicted octanol–water partition coefficient (Wildman–Crippen LogP) is 5.63. The number of urea groups is 1. The number of carbonyl (C=O) groups is 1. The second kappa shape index (κ2) is 8.35. The Bertz CT molecular complexity index is 905. The van der Waals surface area contributed by atoms with Gasteiger partial charge >= 0.3 is 6.03 Å². The van der Waals surface area contributed by atoms with Crippen molar-refractivity contribution in [2.24, 2.45) is 0 Å². The number of hydrogen-bond donors (Lipinski definition) is 2. The Morgan fingerprint density at radius 1 is 1.08 bits per heavy atom. The highest BCUT2D eigenvalue weighted by molar-refractivity contribution is 7.15. The Balaban J connectivity index is 1.58. The van der Waals surface area contributed by atoms with Gasteiger partial charge in [0.05, 0.1) is 10.0 Å². The summed E-state index contributed by atoms with van der Waals surface area (Å²) in [4.78, 5) is 12.1. The molecule has 0 saturated carbocycles. The summed E-state index contributed by atoms with van der Waals surface area (Å²) >= 11 is 13.0. The summed E-state index contributed by atoms with van der Waals surface area (Å²) in [6, 6.07) is 13.8. The number of hydrogen-bond acceptors (Lipinski definition) is 5. The van der Waals surface area contributed by atoms with E-state index in [-0.39, 0.29) is 6.10 Å². The number of amides is 2. The van der Waals surface area contributed by atoms with E-state index >= 15 is 0 Å². The molecule has 1 heterocycles. The molecule has 1 aromatic heterocycles. The van der Waals surface area contributed by atoms with Crippen molar-refractivity contribution >= 4 is 51.4 Å². The van der Waals surface area contributed by atoms with E-state index in [1.165, 1.54) is 11.3 Å². The van der Waals surface area contributed by atoms with Gasteiger partial charge in [-0.15, -0.1) is 10.2 Å². The summed E-state index contributed by atoms with van der Waals surface area (Å²) in [6.07, 6.45) is -0.288. The van der Waals surface area contributed by atoms with E-state index < -0.39 is 6.03 Å². The molecule has 2 N–H and O–H groups in total. The third kappa shape index (κ3) is 4.85. The number of rotatable bonds is 5. The lowest BCUT2D eigenvalue weighted by molar-refractivity contribution is 0.225. The normalized spacial score (nSPS) is 11.7. The number of anilines is 2. The molecule has 26 heavy (non-hydrogen) atoms. The van der Waals surface area contributed by atoms with Crippen molar-refractivity contribution in [2.75, 3.05) is 10.6 Å². The molecule has 0 spiro atoms. The number of aromatic nitrogens is 2. The lowest BCUT2D eigenvalue weighted by Gasteiger charge is -2.11. The van der Waals surface area contributed by atoms with Gasteiger partial charge in [-0.05, 0) is 37.3 Å². The Morgan fingerprint density at radius 3 is 2.58 bits per heavy atom. The van der Waals surface area contributed by atoms with Gasteiger partial charge in [0.1, 0.15) is 11.9 Å². The van der Waals surface area contributed by atoms with Crippen LogP contribution in [-0.2, 0) is 0 Å². The van der Waals surface area contributed by atoms with Gasteiger partial charge in [-0.25, -0.2) is 4.79 Å². The van der Waals surface area contributed by atoms with E-state index in [2.05, 4.69) is 20.8 Å². The molecule has 2 aromatic carbocycles. The van der Waals surface area contributed by atoms with Crippen molar-refractivity contribution in [1.29, 1.82) is 0 Å². The molecule has 1 unspecified atom stereocenters. The first-order valence-electron chi connectivity index (χ1n) is 7.59. The Kier molecular flexibility index (Phi) is 5.92. The summed E-state index contributed by atoms with van der Waals surface area (Å²) in [5.41, 5.74) is 0.516. The lowest BCUT2D eigenvalue weighted by atomic mass is 10.3. The van der Waals surface area contributed by atoms with Crippen LogP contribution in [0.4, 0.5) is 15.6 Å². The van der Waals surface area contributed by atoms with Crippen molar-refractivity contribution < 1.29 is 9.53 Å². The van der Waals surface area contributed by atoms with Gasteiger partial charge in [0, 0.05) is 5.69 Å². The maximum atomic E-state index is 12.1. The summed E-state index contributed by atoms with van der Waals surface area (Å²) in [7, 11) is 0. The second-order valence-electron chi connectivity index (χ2n) is 5.23. The number of ether oxygens (including phenoxy) is 1. The molecule has 0 aliphatic rings. The minimum atomic E-state index is -0.456. The minimum Gasteiger partial charge on any atom is -0.483 e. The fourth-order valence-corrected chi connectivity index (χ4v) is 3.05. The molecular formula is C17H14Cl2N4O2S. The number of nitrogens with one attached hydrogen (secondary N) is 2. The molecule has 9 heteroatoms. The third-order valence-electron chi connectivity index (χ3n) is 3.24. The highest BCUT2D eigenvalue weighted by Crippen LogP contribution is 2.27. The number of carbonyl (C=O) groups excluding carboxylic acids is 1. The Morgan fingerprint density at radius 2 is 1.85 bits per heavy atom. The molecule has 1 atom stereocenters. The van der Waals surface area contributed by atoms with Gasteiger partial charge in [0.25, 0.3) is 0 Å². The molecule has 0 aliphatic heterocycles. The highest BCUT2D eigenvalue weighted by Gasteiger charge is 2.15. The molecule has 0 bridgehead atoms. The van der Waals surface area contributed by atoms with Crippen LogP contribution in [0, 0.1) is 0 Å². The largest absolute Gasteiger partial charge is 0.483 e. The van der Waals surface area contributed by atoms with Crippen molar-refractivity contribution in [1.82, 2.24) is 10.2 Å². The summed E-state index contributed by atoms with van der Waals surface area (Å²) in [6.45, 7) is 1.87. The van der Waals surface area contributed by atoms with E-state index in [4.69, 9.17) is 27.9 Å². The average Bonchev–Trinajstić information content (AvgIpc) is 3.07. The fourth-order valence-electron chi connectivity index (χ4n) is 2.04. The molecular weight excluding hydrogens is 395 g/mol. The van der Waals surface area contributed by atoms with Crippen LogP contribution in [0.15, 0.2) is 48.5 Å². The smallest absolute Gasteiger partial charge is 0.325 e. The maximum absolute atomic E-state index is 12.1. The van der Waals surface area contributed by atoms with Crippen molar-refractivity contribution in [3.05, 3.63) is 63.6 Å². The molecule has 0 fully saturated rings. The zero-order chi connectivity index (χ0) is 18.5. The van der Waals surface area contributed by atoms with Crippen LogP contribution < -0.4 is 15.4 Å². The molecule has 3 rings (SSSR count). The standard InChI is InChI=1S/C17H14Cl2N4O2S/c1-10(25-12-5-3-2-4-6-12)15-22-23-17(26-15)21-16(24)20-11-7-8-13(18)14(19)9-11/h2-10H,1H3,(H2,20,21,23,24). The van der Waals surface area contributed by atoms with Gasteiger partial charge in [-0.3, -0.25) is 5.32 Å². The van der Waals surface area contributed by atoms with E-state index in [1.807, 2.05) is 37.3 Å². The lowest BCUT2D eigenvalue weighted by Crippen LogP contribution is -2.19. The summed E-state index contributed by atoms with van der Waals surface area (Å²) < 4.78 is 5.79. The monoisotopic (exact) mass is 408 g/mol. The number of nitrogens with zero attached hydrogens (tertiary/aromatic N) is 2. The molecule has 6 nitrogen and oxygen atoms in total. The van der Waals surface area contributed by atoms with Gasteiger partial charge in [-0.2, -0.15) is 0 Å². The third-order valence-corrected chi connectivity index (χ3v) is 4.98. The Labute approximate surface area is 164 Å². The molecule has 3 aromatic rings. The molecule has 2 amide bonds. The van der Waals surface area contributed by atoms with Crippen molar-refractivity contribution in [2.45, 2.75) is 13.0 Å². The van der Waals surface area contributed by atoms with Crippen LogP contribution >= 0.6 is 34.5 Å². The quantitative estimate of drug-likeness (QED) is 0.573. The van der Waals surface area contributed by atoms with E-state index in [1.54, 1.807) is 18.2 Å². The van der Waals surface area contributed by atoms with Gasteiger partial charge in [0.2, 0.25) is 5.13 Å². The predicted molar refractivity (Wildman–Crippen MR) is 104 cm³/mol. The molecule has 0 aliphatic carbocycles. The topological polar surface area (TPSA) is 76.1 Å². The first-order chi connectivity index (χ1) is 12.5. The van der Waals surface area contributed by atoms with Crippen LogP contribution in [0.1, 0.15) is 18.0 Å². The first-order valence-corrected chi connectivity index (χ1v) is 9.16. The van der Waals surface area contributed by atoms with Crippen LogP contribution in [-0.4, -0.2) is 16.2 Å². The zero-order valence-electron chi connectivity index (χ0n) is 13.6. The van der Waals surface area contributed by atoms with Gasteiger partial charge in [0.15, 0.2) is 5.01 Å². The van der Waals surface area contributed by atoms with Crippen molar-refractivity contribution in [3.8, 4) is 5.75 Å². The van der Waals surface area contributed by atoms with E-state index in [0.29, 0.717) is 25.9 Å². The fraction of sp³-hybridized carbons (Fsp3) is 0.118. The van der Waals surface area contributed by atoms with Crippen LogP contribution in [0.5, 0.6) is 5.75 Å². The number of para-hydroxylation sites is 1. The number of benzene rings is 2. The van der Waals surface area contributed by atoms with Crippen LogP contribution in [0.2, 0.25) is 10.0 Å². The minimum absolute atomic E-state index is 0.288. The zero-order valence-corrected chi connectivity index (χ0v) is 15.9. The summed E-state index contributed by atoms with van der Waals surface area (Å²) in [5.74, 6) is 0.738. The first kappa shape index (κ1) is 18.4. The molecule has 0 saturated heterocycles. The Hall–Kier alpha value is -2.35. The molecule has 134 valence electrons. The van der Waals surface area contributed by atoms with E-state index in [9.17, 15) is 4.79 Å². The number of halogens is 2. The highest BCUT2D eigenvalue weighted by atomic mass is 35.5. The molecule has 0 radical (unpaired) electrons. The average molecular weight is 409 g/mol. The maximum Gasteiger partial charge on any atom is 0.325 e. The SMILES string of the molecule is CC(Oc1ccccc1)c1nnc(NC(=O)Nc2ccc(Cl)c(Cl)c2)s1.